The summed E-state index contributed by atoms with van der Waals surface area (Å²) in [6.07, 6.45) is 0. The second kappa shape index (κ2) is 10.4. The minimum atomic E-state index is -0.915. The van der Waals surface area contributed by atoms with E-state index in [1.165, 1.54) is 33.3 Å². The summed E-state index contributed by atoms with van der Waals surface area (Å²) in [5.41, 5.74) is 11.3. The van der Waals surface area contributed by atoms with E-state index in [0.717, 1.165) is 41.0 Å². The van der Waals surface area contributed by atoms with Crippen molar-refractivity contribution in [3.63, 3.8) is 0 Å². The molecule has 0 radical (unpaired) electrons. The molecule has 38 heavy (non-hydrogen) atoms. The Morgan fingerprint density at radius 3 is 2.26 bits per heavy atom. The van der Waals surface area contributed by atoms with Crippen LogP contribution in [0.4, 0.5) is 0 Å². The molecule has 190 valence electrons. The second-order valence-corrected chi connectivity index (χ2v) is 9.89. The molecule has 0 fully saturated rings. The third kappa shape index (κ3) is 4.98. The van der Waals surface area contributed by atoms with Gasteiger partial charge in [-0.1, -0.05) is 84.9 Å². The highest BCUT2D eigenvalue weighted by molar-refractivity contribution is 5.96. The highest BCUT2D eigenvalue weighted by Gasteiger charge is 2.14. The highest BCUT2D eigenvalue weighted by atomic mass is 16.4. The average molecular weight is 501 g/mol. The van der Waals surface area contributed by atoms with E-state index in [2.05, 4.69) is 91.8 Å². The Kier molecular flexibility index (Phi) is 6.89. The van der Waals surface area contributed by atoms with Crippen molar-refractivity contribution in [3.05, 3.63) is 137 Å². The molecule has 5 rings (SSSR count). The van der Waals surface area contributed by atoms with Gasteiger partial charge in [-0.2, -0.15) is 0 Å². The van der Waals surface area contributed by atoms with Crippen LogP contribution >= 0.6 is 0 Å². The molecule has 0 atom stereocenters. The molecule has 0 spiro atoms. The number of benzene rings is 4. The van der Waals surface area contributed by atoms with Crippen LogP contribution in [0.2, 0.25) is 0 Å². The van der Waals surface area contributed by atoms with Gasteiger partial charge < -0.3 is 15.0 Å². The number of carbonyl (C=O) groups is 1. The van der Waals surface area contributed by atoms with Gasteiger partial charge >= 0.3 is 5.97 Å². The first kappa shape index (κ1) is 25.1. The van der Waals surface area contributed by atoms with Crippen molar-refractivity contribution in [2.75, 3.05) is 0 Å². The monoisotopic (exact) mass is 500 g/mol. The molecule has 0 aliphatic heterocycles. The first-order valence-corrected chi connectivity index (χ1v) is 12.8. The second-order valence-electron chi connectivity index (χ2n) is 9.89. The zero-order valence-corrected chi connectivity index (χ0v) is 22.1. The number of hydrogen-bond donors (Lipinski definition) is 2. The largest absolute Gasteiger partial charge is 0.478 e. The smallest absolute Gasteiger partial charge is 0.336 e. The molecule has 0 aliphatic rings. The molecule has 0 aliphatic carbocycles. The maximum atomic E-state index is 11.6. The maximum Gasteiger partial charge on any atom is 0.336 e. The summed E-state index contributed by atoms with van der Waals surface area (Å²) in [6, 6.07) is 30.4. The number of aryl methyl sites for hydroxylation is 2. The Balaban J connectivity index is 1.37. The molecule has 2 N–H and O–H groups in total. The number of nitrogens with one attached hydrogen (secondary N) is 1. The van der Waals surface area contributed by atoms with E-state index in [0.29, 0.717) is 5.56 Å². The van der Waals surface area contributed by atoms with Gasteiger partial charge in [0.1, 0.15) is 0 Å². The van der Waals surface area contributed by atoms with E-state index in [-0.39, 0.29) is 0 Å². The first-order valence-electron chi connectivity index (χ1n) is 12.8. The van der Waals surface area contributed by atoms with Crippen LogP contribution in [0.1, 0.15) is 43.9 Å². The topological polar surface area (TPSA) is 54.3 Å². The highest BCUT2D eigenvalue weighted by Crippen LogP contribution is 2.30. The van der Waals surface area contributed by atoms with E-state index in [4.69, 9.17) is 0 Å². The normalized spacial score (nSPS) is 11.0. The predicted octanol–water partition coefficient (Wildman–Crippen LogP) is 7.74. The molecule has 5 aromatic rings. The number of carboxylic acid groups (broad SMARTS) is 1. The SMILES string of the molecule is C=C(NCc1ccc(C)cc1)c1ccc2c(c1)c(C)c(C)n2Cc1ccc(-c2ccccc2C(=O)O)cc1. The lowest BCUT2D eigenvalue weighted by atomic mass is 9.99. The van der Waals surface area contributed by atoms with Crippen LogP contribution in [0.3, 0.4) is 0 Å². The predicted molar refractivity (Wildman–Crippen MR) is 156 cm³/mol. The van der Waals surface area contributed by atoms with Crippen LogP contribution < -0.4 is 5.32 Å². The molecule has 1 heterocycles. The Morgan fingerprint density at radius 1 is 0.868 bits per heavy atom. The Labute approximate surface area is 223 Å². The van der Waals surface area contributed by atoms with Gasteiger partial charge in [-0.05, 0) is 72.4 Å². The van der Waals surface area contributed by atoms with E-state index in [9.17, 15) is 9.90 Å². The lowest BCUT2D eigenvalue weighted by molar-refractivity contribution is 0.0697. The summed E-state index contributed by atoms with van der Waals surface area (Å²) in [5, 5.41) is 14.2. The van der Waals surface area contributed by atoms with Crippen LogP contribution in [0, 0.1) is 20.8 Å². The quantitative estimate of drug-likeness (QED) is 0.229. The molecular formula is C34H32N2O2. The molecule has 4 nitrogen and oxygen atoms in total. The fourth-order valence-electron chi connectivity index (χ4n) is 4.95. The van der Waals surface area contributed by atoms with Gasteiger partial charge in [0.05, 0.1) is 5.56 Å². The number of hydrogen-bond acceptors (Lipinski definition) is 2. The summed E-state index contributed by atoms with van der Waals surface area (Å²) in [5.74, 6) is -0.915. The summed E-state index contributed by atoms with van der Waals surface area (Å²) < 4.78 is 2.34. The third-order valence-corrected chi connectivity index (χ3v) is 7.38. The zero-order chi connectivity index (χ0) is 26.8. The average Bonchev–Trinajstić information content (AvgIpc) is 3.17. The minimum Gasteiger partial charge on any atom is -0.478 e. The van der Waals surface area contributed by atoms with Crippen molar-refractivity contribution >= 4 is 22.6 Å². The van der Waals surface area contributed by atoms with Gasteiger partial charge in [-0.25, -0.2) is 4.79 Å². The summed E-state index contributed by atoms with van der Waals surface area (Å²) in [7, 11) is 0. The lowest BCUT2D eigenvalue weighted by Crippen LogP contribution is -2.10. The van der Waals surface area contributed by atoms with Crippen molar-refractivity contribution in [3.8, 4) is 11.1 Å². The van der Waals surface area contributed by atoms with Crippen LogP contribution in [-0.2, 0) is 13.1 Å². The Hall–Kier alpha value is -4.57. The van der Waals surface area contributed by atoms with Crippen molar-refractivity contribution in [1.82, 2.24) is 9.88 Å². The Morgan fingerprint density at radius 2 is 1.55 bits per heavy atom. The molecule has 0 amide bonds. The van der Waals surface area contributed by atoms with Crippen LogP contribution in [0.5, 0.6) is 0 Å². The molecular weight excluding hydrogens is 468 g/mol. The summed E-state index contributed by atoms with van der Waals surface area (Å²) in [4.78, 5) is 11.6. The van der Waals surface area contributed by atoms with Gasteiger partial charge in [0.25, 0.3) is 0 Å². The number of fused-ring (bicyclic) bond motifs is 1. The first-order chi connectivity index (χ1) is 18.3. The number of aromatic nitrogens is 1. The molecule has 0 saturated carbocycles. The van der Waals surface area contributed by atoms with E-state index in [1.807, 2.05) is 24.3 Å². The minimum absolute atomic E-state index is 0.314. The summed E-state index contributed by atoms with van der Waals surface area (Å²) >= 11 is 0. The van der Waals surface area contributed by atoms with Crippen LogP contribution in [0.15, 0.2) is 97.6 Å². The number of aromatic carboxylic acids is 1. The molecule has 0 saturated heterocycles. The van der Waals surface area contributed by atoms with Gasteiger partial charge in [0, 0.05) is 35.4 Å². The van der Waals surface area contributed by atoms with Crippen molar-refractivity contribution in [2.45, 2.75) is 33.9 Å². The van der Waals surface area contributed by atoms with Crippen molar-refractivity contribution in [2.24, 2.45) is 0 Å². The van der Waals surface area contributed by atoms with Gasteiger partial charge in [-0.3, -0.25) is 0 Å². The van der Waals surface area contributed by atoms with E-state index in [1.54, 1.807) is 12.1 Å². The molecule has 0 bridgehead atoms. The van der Waals surface area contributed by atoms with Crippen LogP contribution in [0.25, 0.3) is 27.7 Å². The molecule has 4 heteroatoms. The lowest BCUT2D eigenvalue weighted by Gasteiger charge is -2.12. The zero-order valence-electron chi connectivity index (χ0n) is 22.1. The van der Waals surface area contributed by atoms with Crippen molar-refractivity contribution < 1.29 is 9.90 Å². The number of nitrogens with zero attached hydrogens (tertiary/aromatic N) is 1. The van der Waals surface area contributed by atoms with Crippen LogP contribution in [-0.4, -0.2) is 15.6 Å². The molecule has 1 aromatic heterocycles. The van der Waals surface area contributed by atoms with Gasteiger partial charge in [0.2, 0.25) is 0 Å². The van der Waals surface area contributed by atoms with Gasteiger partial charge in [0.15, 0.2) is 0 Å². The van der Waals surface area contributed by atoms with E-state index >= 15 is 0 Å². The fourth-order valence-corrected chi connectivity index (χ4v) is 4.95. The van der Waals surface area contributed by atoms with Gasteiger partial charge in [-0.15, -0.1) is 0 Å². The number of rotatable bonds is 8. The standard InChI is InChI=1S/C34H32N2O2/c1-22-9-11-26(12-10-22)20-35-24(3)29-17-18-33-32(19-29)23(2)25(4)36(33)21-27-13-15-28(16-14-27)30-7-5-6-8-31(30)34(37)38/h5-19,35H,3,20-21H2,1-2,4H3,(H,37,38). The fraction of sp³-hybridized carbons (Fsp3) is 0.147. The maximum absolute atomic E-state index is 11.6. The third-order valence-electron chi connectivity index (χ3n) is 7.38. The molecule has 0 unspecified atom stereocenters. The molecule has 4 aromatic carbocycles. The Bertz CT molecular complexity index is 1640. The summed E-state index contributed by atoms with van der Waals surface area (Å²) in [6.45, 7) is 12.2. The number of carboxylic acids is 1. The van der Waals surface area contributed by atoms with Crippen molar-refractivity contribution in [1.29, 1.82) is 0 Å². The van der Waals surface area contributed by atoms with E-state index < -0.39 is 5.97 Å².